The Morgan fingerprint density at radius 2 is 1.76 bits per heavy atom. The fourth-order valence-electron chi connectivity index (χ4n) is 5.31. The monoisotopic (exact) mass is 509 g/mol. The van der Waals surface area contributed by atoms with Gasteiger partial charge in [0, 0.05) is 29.0 Å². The summed E-state index contributed by atoms with van der Waals surface area (Å²) in [6.07, 6.45) is 0.781. The van der Waals surface area contributed by atoms with E-state index < -0.39 is 5.63 Å². The number of amides is 1. The van der Waals surface area contributed by atoms with Crippen LogP contribution < -0.4 is 20.4 Å². The quantitative estimate of drug-likeness (QED) is 0.304. The molecule has 6 rings (SSSR count). The van der Waals surface area contributed by atoms with Crippen LogP contribution in [-0.4, -0.2) is 25.7 Å². The number of para-hydroxylation sites is 1. The van der Waals surface area contributed by atoms with Crippen LogP contribution in [0.3, 0.4) is 0 Å². The van der Waals surface area contributed by atoms with Crippen molar-refractivity contribution >= 4 is 27.8 Å². The molecule has 7 heteroatoms. The van der Waals surface area contributed by atoms with E-state index in [2.05, 4.69) is 5.32 Å². The van der Waals surface area contributed by atoms with E-state index in [4.69, 9.17) is 18.3 Å². The van der Waals surface area contributed by atoms with Crippen LogP contribution in [-0.2, 0) is 17.6 Å². The lowest BCUT2D eigenvalue weighted by Gasteiger charge is -2.12. The predicted molar refractivity (Wildman–Crippen MR) is 145 cm³/mol. The van der Waals surface area contributed by atoms with Gasteiger partial charge in [-0.2, -0.15) is 0 Å². The molecular weight excluding hydrogens is 482 g/mol. The van der Waals surface area contributed by atoms with Crippen LogP contribution in [0.25, 0.3) is 33.3 Å². The fourth-order valence-corrected chi connectivity index (χ4v) is 5.31. The Kier molecular flexibility index (Phi) is 5.91. The molecule has 1 atom stereocenters. The summed E-state index contributed by atoms with van der Waals surface area (Å²) in [6, 6.07) is 18.8. The summed E-state index contributed by atoms with van der Waals surface area (Å²) >= 11 is 0. The van der Waals surface area contributed by atoms with Crippen molar-refractivity contribution < 1.29 is 23.1 Å². The number of methoxy groups -OCH3 is 1. The van der Waals surface area contributed by atoms with Gasteiger partial charge in [-0.15, -0.1) is 0 Å². The van der Waals surface area contributed by atoms with Crippen molar-refractivity contribution in [1.29, 1.82) is 0 Å². The molecular formula is C31H27NO6. The molecule has 1 aliphatic rings. The number of nitrogens with one attached hydrogen (secondary N) is 1. The first-order valence-corrected chi connectivity index (χ1v) is 12.6. The van der Waals surface area contributed by atoms with E-state index in [0.29, 0.717) is 23.5 Å². The van der Waals surface area contributed by atoms with Gasteiger partial charge in [0.25, 0.3) is 0 Å². The first kappa shape index (κ1) is 23.9. The minimum Gasteiger partial charge on any atom is -0.497 e. The summed E-state index contributed by atoms with van der Waals surface area (Å²) in [6.45, 7) is 4.20. The van der Waals surface area contributed by atoms with Crippen LogP contribution in [0.2, 0.25) is 0 Å². The third-order valence-corrected chi connectivity index (χ3v) is 7.09. The van der Waals surface area contributed by atoms with Gasteiger partial charge < -0.3 is 23.6 Å². The van der Waals surface area contributed by atoms with Crippen molar-refractivity contribution in [2.24, 2.45) is 0 Å². The van der Waals surface area contributed by atoms with Crippen LogP contribution in [0.4, 0.5) is 0 Å². The first-order chi connectivity index (χ1) is 18.4. The lowest BCUT2D eigenvalue weighted by Crippen LogP contribution is -2.35. The molecule has 0 fully saturated rings. The van der Waals surface area contributed by atoms with Crippen molar-refractivity contribution in [3.63, 3.8) is 0 Å². The smallest absolute Gasteiger partial charge is 0.336 e. The maximum atomic E-state index is 13.3. The number of hydrogen-bond acceptors (Lipinski definition) is 6. The van der Waals surface area contributed by atoms with E-state index in [1.165, 1.54) is 6.07 Å². The largest absolute Gasteiger partial charge is 0.497 e. The van der Waals surface area contributed by atoms with E-state index in [9.17, 15) is 9.59 Å². The standard InChI is InChI=1S/C31H27NO6/c1-17-12-25-29(18(2)13-27(34)37-25)31-28(17)23(30(38-31)19-8-10-21(35-3)11-9-19)15-26(33)32-16-22-14-20-6-4-5-7-24(20)36-22/h4-13,22H,14-16H2,1-3H3,(H,32,33). The van der Waals surface area contributed by atoms with Gasteiger partial charge in [0.1, 0.15) is 34.5 Å². The lowest BCUT2D eigenvalue weighted by atomic mass is 9.97. The summed E-state index contributed by atoms with van der Waals surface area (Å²) in [5, 5.41) is 4.62. The second-order valence-corrected chi connectivity index (χ2v) is 9.69. The zero-order valence-electron chi connectivity index (χ0n) is 21.4. The van der Waals surface area contributed by atoms with Crippen molar-refractivity contribution in [2.45, 2.75) is 32.8 Å². The van der Waals surface area contributed by atoms with Crippen molar-refractivity contribution in [3.05, 3.63) is 93.3 Å². The Balaban J connectivity index is 1.38. The van der Waals surface area contributed by atoms with Gasteiger partial charge in [0.15, 0.2) is 0 Å². The normalized spacial score (nSPS) is 14.4. The fraction of sp³-hybridized carbons (Fsp3) is 0.226. The second kappa shape index (κ2) is 9.41. The number of fused-ring (bicyclic) bond motifs is 4. The lowest BCUT2D eigenvalue weighted by molar-refractivity contribution is -0.120. The summed E-state index contributed by atoms with van der Waals surface area (Å²) < 4.78 is 23.3. The van der Waals surface area contributed by atoms with E-state index in [1.54, 1.807) is 7.11 Å². The van der Waals surface area contributed by atoms with E-state index in [-0.39, 0.29) is 18.4 Å². The van der Waals surface area contributed by atoms with Crippen LogP contribution in [0.15, 0.2) is 74.3 Å². The highest BCUT2D eigenvalue weighted by atomic mass is 16.5. The molecule has 7 nitrogen and oxygen atoms in total. The highest BCUT2D eigenvalue weighted by molar-refractivity contribution is 6.09. The Morgan fingerprint density at radius 3 is 2.53 bits per heavy atom. The summed E-state index contributed by atoms with van der Waals surface area (Å²) in [7, 11) is 1.62. The number of carbonyl (C=O) groups excluding carboxylic acids is 1. The molecule has 0 aliphatic carbocycles. The van der Waals surface area contributed by atoms with E-state index in [1.807, 2.05) is 68.4 Å². The van der Waals surface area contributed by atoms with Crippen molar-refractivity contribution in [1.82, 2.24) is 5.32 Å². The number of hydrogen-bond donors (Lipinski definition) is 1. The number of ether oxygens (including phenoxy) is 2. The third-order valence-electron chi connectivity index (χ3n) is 7.09. The third kappa shape index (κ3) is 4.20. The molecule has 1 amide bonds. The Bertz CT molecular complexity index is 1720. The summed E-state index contributed by atoms with van der Waals surface area (Å²) in [5.74, 6) is 2.07. The maximum absolute atomic E-state index is 13.3. The molecule has 3 aromatic carbocycles. The maximum Gasteiger partial charge on any atom is 0.336 e. The molecule has 0 saturated carbocycles. The molecule has 1 unspecified atom stereocenters. The SMILES string of the molecule is COc1ccc(-c2oc3c(c(C)cc4oc(=O)cc(C)c43)c2CC(=O)NCC2Cc3ccccc3O2)cc1. The second-order valence-electron chi connectivity index (χ2n) is 9.69. The topological polar surface area (TPSA) is 90.9 Å². The number of benzene rings is 3. The predicted octanol–water partition coefficient (Wildman–Crippen LogP) is 5.49. The molecule has 5 aromatic rings. The van der Waals surface area contributed by atoms with Gasteiger partial charge in [-0.25, -0.2) is 4.79 Å². The van der Waals surface area contributed by atoms with Crippen LogP contribution in [0, 0.1) is 13.8 Å². The zero-order chi connectivity index (χ0) is 26.4. The van der Waals surface area contributed by atoms with Gasteiger partial charge in [0.2, 0.25) is 5.91 Å². The van der Waals surface area contributed by atoms with Gasteiger partial charge in [-0.05, 0) is 66.9 Å². The molecule has 1 aliphatic heterocycles. The molecule has 0 radical (unpaired) electrons. The molecule has 192 valence electrons. The first-order valence-electron chi connectivity index (χ1n) is 12.6. The van der Waals surface area contributed by atoms with E-state index >= 15 is 0 Å². The van der Waals surface area contributed by atoms with Crippen LogP contribution in [0.5, 0.6) is 11.5 Å². The Morgan fingerprint density at radius 1 is 1.00 bits per heavy atom. The summed E-state index contributed by atoms with van der Waals surface area (Å²) in [5.41, 5.74) is 5.02. The average molecular weight is 510 g/mol. The van der Waals surface area contributed by atoms with Crippen LogP contribution in [0.1, 0.15) is 22.3 Å². The summed E-state index contributed by atoms with van der Waals surface area (Å²) in [4.78, 5) is 25.3. The van der Waals surface area contributed by atoms with Gasteiger partial charge in [-0.1, -0.05) is 18.2 Å². The average Bonchev–Trinajstić information content (AvgIpc) is 3.49. The minimum atomic E-state index is -0.411. The highest BCUT2D eigenvalue weighted by Crippen LogP contribution is 2.40. The molecule has 3 heterocycles. The number of carbonyl (C=O) groups is 1. The Labute approximate surface area is 219 Å². The van der Waals surface area contributed by atoms with Gasteiger partial charge in [-0.3, -0.25) is 4.79 Å². The number of furan rings is 1. The van der Waals surface area contributed by atoms with Crippen molar-refractivity contribution in [3.8, 4) is 22.8 Å². The highest BCUT2D eigenvalue weighted by Gasteiger charge is 2.26. The zero-order valence-corrected chi connectivity index (χ0v) is 21.4. The molecule has 1 N–H and O–H groups in total. The number of aryl methyl sites for hydroxylation is 2. The number of rotatable bonds is 6. The van der Waals surface area contributed by atoms with Crippen LogP contribution >= 0.6 is 0 Å². The molecule has 0 saturated heterocycles. The molecule has 0 spiro atoms. The molecule has 38 heavy (non-hydrogen) atoms. The molecule has 2 aromatic heterocycles. The minimum absolute atomic E-state index is 0.102. The molecule has 0 bridgehead atoms. The Hall–Kier alpha value is -4.52. The van der Waals surface area contributed by atoms with Gasteiger partial charge in [0.05, 0.1) is 25.5 Å². The van der Waals surface area contributed by atoms with Gasteiger partial charge >= 0.3 is 5.63 Å². The van der Waals surface area contributed by atoms with Crippen molar-refractivity contribution in [2.75, 3.05) is 13.7 Å². The van der Waals surface area contributed by atoms with E-state index in [0.717, 1.165) is 56.5 Å².